The molecule has 90 valence electrons. The number of aromatic nitrogens is 4. The topological polar surface area (TPSA) is 47.7 Å². The van der Waals surface area contributed by atoms with Crippen molar-refractivity contribution in [2.45, 2.75) is 38.9 Å². The van der Waals surface area contributed by atoms with Crippen molar-refractivity contribution < 1.29 is 0 Å². The summed E-state index contributed by atoms with van der Waals surface area (Å²) in [5, 5.41) is 7.66. The lowest BCUT2D eigenvalue weighted by molar-refractivity contribution is 0.535. The molecule has 2 aromatic heterocycles. The third-order valence-electron chi connectivity index (χ3n) is 2.94. The minimum Gasteiger partial charge on any atom is -0.353 e. The van der Waals surface area contributed by atoms with Crippen molar-refractivity contribution in [3.05, 3.63) is 30.4 Å². The summed E-state index contributed by atoms with van der Waals surface area (Å²) in [7, 11) is 0. The Hall–Kier alpha value is -1.78. The summed E-state index contributed by atoms with van der Waals surface area (Å²) in [6.45, 7) is 3.81. The van der Waals surface area contributed by atoms with Gasteiger partial charge in [-0.1, -0.05) is 0 Å². The molecule has 17 heavy (non-hydrogen) atoms. The molecule has 0 radical (unpaired) electrons. The van der Waals surface area contributed by atoms with Crippen molar-refractivity contribution in [3.8, 4) is 0 Å². The van der Waals surface area contributed by atoms with E-state index in [1.807, 2.05) is 30.1 Å². The number of nitrogens with zero attached hydrogens (tertiary/aromatic N) is 4. The predicted molar refractivity (Wildman–Crippen MR) is 65.8 cm³/mol. The largest absolute Gasteiger partial charge is 0.353 e. The Labute approximate surface area is 100 Å². The Morgan fingerprint density at radius 3 is 3.00 bits per heavy atom. The van der Waals surface area contributed by atoms with Crippen molar-refractivity contribution in [1.29, 1.82) is 0 Å². The molecular weight excluding hydrogens is 214 g/mol. The highest BCUT2D eigenvalue weighted by Crippen LogP contribution is 2.24. The summed E-state index contributed by atoms with van der Waals surface area (Å²) in [6, 6.07) is 2.59. The zero-order chi connectivity index (χ0) is 11.7. The first kappa shape index (κ1) is 10.4. The van der Waals surface area contributed by atoms with E-state index in [4.69, 9.17) is 0 Å². The van der Waals surface area contributed by atoms with Crippen LogP contribution in [0, 0.1) is 6.92 Å². The number of nitrogens with one attached hydrogen (secondary N) is 1. The van der Waals surface area contributed by atoms with Crippen molar-refractivity contribution in [2.24, 2.45) is 0 Å². The van der Waals surface area contributed by atoms with Crippen LogP contribution in [0.25, 0.3) is 0 Å². The van der Waals surface area contributed by atoms with E-state index < -0.39 is 0 Å². The Balaban J connectivity index is 1.68. The van der Waals surface area contributed by atoms with Gasteiger partial charge < -0.3 is 9.88 Å². The average Bonchev–Trinajstić information content (AvgIpc) is 2.85. The van der Waals surface area contributed by atoms with Gasteiger partial charge in [0.05, 0.1) is 12.2 Å². The normalized spacial score (nSPS) is 15.1. The Morgan fingerprint density at radius 2 is 2.29 bits per heavy atom. The monoisotopic (exact) mass is 231 g/mol. The van der Waals surface area contributed by atoms with E-state index in [0.29, 0.717) is 6.04 Å². The Bertz CT molecular complexity index is 481. The lowest BCUT2D eigenvalue weighted by Gasteiger charge is -2.08. The molecule has 1 N–H and O–H groups in total. The molecule has 0 spiro atoms. The summed E-state index contributed by atoms with van der Waals surface area (Å²) >= 11 is 0. The van der Waals surface area contributed by atoms with Crippen LogP contribution in [-0.4, -0.2) is 25.4 Å². The van der Waals surface area contributed by atoms with Gasteiger partial charge in [-0.3, -0.25) is 4.68 Å². The summed E-state index contributed by atoms with van der Waals surface area (Å²) in [5.74, 6) is 0.997. The van der Waals surface area contributed by atoms with Gasteiger partial charge in [-0.15, -0.1) is 0 Å². The van der Waals surface area contributed by atoms with E-state index in [-0.39, 0.29) is 0 Å². The SMILES string of the molecule is Cc1cn(CCn2cccn2)c(NC2CC2)n1. The van der Waals surface area contributed by atoms with E-state index in [2.05, 4.69) is 26.2 Å². The molecule has 0 saturated heterocycles. The van der Waals surface area contributed by atoms with Crippen LogP contribution in [0.4, 0.5) is 5.95 Å². The summed E-state index contributed by atoms with van der Waals surface area (Å²) in [5.41, 5.74) is 1.06. The van der Waals surface area contributed by atoms with E-state index in [9.17, 15) is 0 Å². The number of hydrogen-bond donors (Lipinski definition) is 1. The number of aryl methyl sites for hydroxylation is 3. The van der Waals surface area contributed by atoms with Crippen LogP contribution in [-0.2, 0) is 13.1 Å². The number of rotatable bonds is 5. The van der Waals surface area contributed by atoms with Crippen molar-refractivity contribution in [2.75, 3.05) is 5.32 Å². The van der Waals surface area contributed by atoms with E-state index in [1.165, 1.54) is 12.8 Å². The van der Waals surface area contributed by atoms with Crippen molar-refractivity contribution >= 4 is 5.95 Å². The molecule has 0 bridgehead atoms. The lowest BCUT2D eigenvalue weighted by Crippen LogP contribution is -2.12. The molecule has 0 unspecified atom stereocenters. The number of hydrogen-bond acceptors (Lipinski definition) is 3. The van der Waals surface area contributed by atoms with Gasteiger partial charge >= 0.3 is 0 Å². The van der Waals surface area contributed by atoms with Crippen LogP contribution in [0.5, 0.6) is 0 Å². The second-order valence-corrected chi connectivity index (χ2v) is 4.59. The fraction of sp³-hybridized carbons (Fsp3) is 0.500. The van der Waals surface area contributed by atoms with Gasteiger partial charge in [0, 0.05) is 31.2 Å². The molecule has 1 aliphatic carbocycles. The van der Waals surface area contributed by atoms with Crippen molar-refractivity contribution in [3.63, 3.8) is 0 Å². The molecule has 2 heterocycles. The molecule has 1 aliphatic rings. The van der Waals surface area contributed by atoms with E-state index in [0.717, 1.165) is 24.7 Å². The van der Waals surface area contributed by atoms with Gasteiger partial charge in [0.15, 0.2) is 0 Å². The first-order valence-electron chi connectivity index (χ1n) is 6.09. The third kappa shape index (κ3) is 2.49. The Kier molecular flexibility index (Phi) is 2.59. The maximum atomic E-state index is 4.51. The molecule has 3 rings (SSSR count). The number of anilines is 1. The highest BCUT2D eigenvalue weighted by atomic mass is 15.3. The molecule has 5 heteroatoms. The third-order valence-corrected chi connectivity index (χ3v) is 2.94. The van der Waals surface area contributed by atoms with Crippen LogP contribution in [0.1, 0.15) is 18.5 Å². The summed E-state index contributed by atoms with van der Waals surface area (Å²) < 4.78 is 4.12. The average molecular weight is 231 g/mol. The second kappa shape index (κ2) is 4.24. The zero-order valence-electron chi connectivity index (χ0n) is 10.0. The quantitative estimate of drug-likeness (QED) is 0.851. The van der Waals surface area contributed by atoms with E-state index in [1.54, 1.807) is 0 Å². The zero-order valence-corrected chi connectivity index (χ0v) is 10.0. The van der Waals surface area contributed by atoms with Gasteiger partial charge in [0.2, 0.25) is 5.95 Å². The first-order valence-corrected chi connectivity index (χ1v) is 6.09. The van der Waals surface area contributed by atoms with Gasteiger partial charge in [0.25, 0.3) is 0 Å². The fourth-order valence-electron chi connectivity index (χ4n) is 1.89. The minimum absolute atomic E-state index is 0.639. The molecule has 0 aliphatic heterocycles. The van der Waals surface area contributed by atoms with Gasteiger partial charge in [-0.2, -0.15) is 5.10 Å². The second-order valence-electron chi connectivity index (χ2n) is 4.59. The maximum absolute atomic E-state index is 4.51. The smallest absolute Gasteiger partial charge is 0.203 e. The fourth-order valence-corrected chi connectivity index (χ4v) is 1.89. The standard InChI is InChI=1S/C12H17N5/c1-10-9-16(7-8-17-6-2-5-13-17)12(14-10)15-11-3-4-11/h2,5-6,9,11H,3-4,7-8H2,1H3,(H,14,15). The Morgan fingerprint density at radius 1 is 1.41 bits per heavy atom. The highest BCUT2D eigenvalue weighted by molar-refractivity contribution is 5.32. The highest BCUT2D eigenvalue weighted by Gasteiger charge is 2.22. The predicted octanol–water partition coefficient (Wildman–Crippen LogP) is 1.66. The number of imidazole rings is 1. The molecule has 0 amide bonds. The first-order chi connectivity index (χ1) is 8.31. The van der Waals surface area contributed by atoms with E-state index >= 15 is 0 Å². The molecule has 0 aromatic carbocycles. The summed E-state index contributed by atoms with van der Waals surface area (Å²) in [6.07, 6.45) is 8.42. The lowest BCUT2D eigenvalue weighted by atomic mass is 10.5. The van der Waals surface area contributed by atoms with Crippen molar-refractivity contribution in [1.82, 2.24) is 19.3 Å². The minimum atomic E-state index is 0.639. The molecule has 1 fully saturated rings. The van der Waals surface area contributed by atoms with Gasteiger partial charge in [0.1, 0.15) is 0 Å². The van der Waals surface area contributed by atoms with Crippen LogP contribution in [0.2, 0.25) is 0 Å². The maximum Gasteiger partial charge on any atom is 0.203 e. The van der Waals surface area contributed by atoms with Crippen LogP contribution in [0.15, 0.2) is 24.7 Å². The summed E-state index contributed by atoms with van der Waals surface area (Å²) in [4.78, 5) is 4.51. The van der Waals surface area contributed by atoms with Crippen LogP contribution < -0.4 is 5.32 Å². The van der Waals surface area contributed by atoms with Crippen LogP contribution >= 0.6 is 0 Å². The molecule has 0 atom stereocenters. The molecule has 2 aromatic rings. The van der Waals surface area contributed by atoms with Crippen LogP contribution in [0.3, 0.4) is 0 Å². The molecular formula is C12H17N5. The molecule has 5 nitrogen and oxygen atoms in total. The van der Waals surface area contributed by atoms with Gasteiger partial charge in [-0.25, -0.2) is 4.98 Å². The molecule has 1 saturated carbocycles. The van der Waals surface area contributed by atoms with Gasteiger partial charge in [-0.05, 0) is 25.8 Å².